The first-order chi connectivity index (χ1) is 16.6. The molecule has 0 aliphatic carbocycles. The number of carboxylic acids is 1. The second kappa shape index (κ2) is 10.8. The first kappa shape index (κ1) is 25.4. The van der Waals surface area contributed by atoms with E-state index in [2.05, 4.69) is 10.3 Å². The maximum absolute atomic E-state index is 13.8. The lowest BCUT2D eigenvalue weighted by atomic mass is 10.1. The van der Waals surface area contributed by atoms with E-state index in [1.54, 1.807) is 25.1 Å². The molecule has 2 atom stereocenters. The minimum atomic E-state index is -1.66. The number of para-hydroxylation sites is 1. The quantitative estimate of drug-likeness (QED) is 0.417. The van der Waals surface area contributed by atoms with Crippen molar-refractivity contribution in [1.82, 2.24) is 14.9 Å². The molecule has 3 rings (SSSR count). The fraction of sp³-hybridized carbons (Fsp3) is 0.261. The summed E-state index contributed by atoms with van der Waals surface area (Å²) in [5.41, 5.74) is -0.101. The van der Waals surface area contributed by atoms with Crippen LogP contribution in [0.3, 0.4) is 0 Å². The Morgan fingerprint density at radius 2 is 1.80 bits per heavy atom. The number of halogens is 3. The summed E-state index contributed by atoms with van der Waals surface area (Å²) in [6.07, 6.45) is 0.393. The minimum Gasteiger partial charge on any atom is -0.481 e. The van der Waals surface area contributed by atoms with Crippen molar-refractivity contribution in [3.8, 4) is 5.75 Å². The Labute approximate surface area is 196 Å². The second-order valence-electron chi connectivity index (χ2n) is 7.48. The fourth-order valence-corrected chi connectivity index (χ4v) is 3.39. The number of fused-ring (bicyclic) bond motifs is 1. The van der Waals surface area contributed by atoms with Gasteiger partial charge in [-0.3, -0.25) is 23.7 Å². The highest BCUT2D eigenvalue weighted by molar-refractivity contribution is 5.93. The number of carboxylic acid groups (broad SMARTS) is 1. The first-order valence-corrected chi connectivity index (χ1v) is 10.4. The summed E-state index contributed by atoms with van der Waals surface area (Å²) in [5, 5.41) is 11.7. The number of ketones is 1. The van der Waals surface area contributed by atoms with E-state index in [-0.39, 0.29) is 11.8 Å². The summed E-state index contributed by atoms with van der Waals surface area (Å²) < 4.78 is 46.7. The third-order valence-corrected chi connectivity index (χ3v) is 5.16. The second-order valence-corrected chi connectivity index (χ2v) is 7.48. The zero-order valence-corrected chi connectivity index (χ0v) is 18.3. The zero-order chi connectivity index (χ0) is 25.7. The number of nitrogens with one attached hydrogen (secondary N) is 1. The largest absolute Gasteiger partial charge is 0.481 e. The van der Waals surface area contributed by atoms with Crippen LogP contribution in [0.15, 0.2) is 47.5 Å². The van der Waals surface area contributed by atoms with E-state index >= 15 is 0 Å². The smallest absolute Gasteiger partial charge is 0.305 e. The van der Waals surface area contributed by atoms with Crippen molar-refractivity contribution in [1.29, 1.82) is 0 Å². The highest BCUT2D eigenvalue weighted by Gasteiger charge is 2.29. The highest BCUT2D eigenvalue weighted by Crippen LogP contribution is 2.23. The van der Waals surface area contributed by atoms with Gasteiger partial charge in [0.1, 0.15) is 18.7 Å². The molecule has 1 heterocycles. The van der Waals surface area contributed by atoms with Crippen LogP contribution < -0.4 is 15.6 Å². The van der Waals surface area contributed by atoms with Gasteiger partial charge in [0, 0.05) is 0 Å². The fourth-order valence-electron chi connectivity index (χ4n) is 3.39. The average Bonchev–Trinajstić information content (AvgIpc) is 2.82. The standard InChI is InChI=1S/C23H20F3N3O6/c1-2-17(29-11-27-15-6-4-3-5-12(15)23(29)34)22(33)28-16(9-19(31)32)18(30)10-35-21-14(25)8-7-13(24)20(21)26/h3-8,11,16-17H,2,9-10H2,1H3,(H,28,33)(H,31,32)/t16-,17+/m0/s1. The Balaban J connectivity index is 1.81. The van der Waals surface area contributed by atoms with E-state index < -0.39 is 71.5 Å². The van der Waals surface area contributed by atoms with Crippen LogP contribution in [0, 0.1) is 17.5 Å². The Kier molecular flexibility index (Phi) is 7.84. The van der Waals surface area contributed by atoms with Gasteiger partial charge in [-0.1, -0.05) is 19.1 Å². The normalized spacial score (nSPS) is 12.7. The van der Waals surface area contributed by atoms with Crippen molar-refractivity contribution < 1.29 is 37.4 Å². The molecule has 2 aromatic carbocycles. The molecule has 0 unspecified atom stereocenters. The van der Waals surface area contributed by atoms with Gasteiger partial charge < -0.3 is 15.2 Å². The molecule has 0 spiro atoms. The third kappa shape index (κ3) is 5.65. The predicted octanol–water partition coefficient (Wildman–Crippen LogP) is 2.37. The van der Waals surface area contributed by atoms with Gasteiger partial charge in [0.2, 0.25) is 11.7 Å². The maximum Gasteiger partial charge on any atom is 0.305 e. The molecule has 35 heavy (non-hydrogen) atoms. The van der Waals surface area contributed by atoms with E-state index in [1.165, 1.54) is 12.4 Å². The number of hydrogen-bond donors (Lipinski definition) is 2. The molecule has 0 aliphatic rings. The molecule has 0 fully saturated rings. The average molecular weight is 491 g/mol. The van der Waals surface area contributed by atoms with Crippen LogP contribution in [0.4, 0.5) is 13.2 Å². The van der Waals surface area contributed by atoms with Gasteiger partial charge in [0.25, 0.3) is 5.56 Å². The zero-order valence-electron chi connectivity index (χ0n) is 18.3. The lowest BCUT2D eigenvalue weighted by molar-refractivity contribution is -0.140. The lowest BCUT2D eigenvalue weighted by Crippen LogP contribution is -2.48. The van der Waals surface area contributed by atoms with Crippen LogP contribution in [0.5, 0.6) is 5.75 Å². The van der Waals surface area contributed by atoms with Crippen molar-refractivity contribution >= 4 is 28.6 Å². The number of aliphatic carboxylic acids is 1. The molecule has 2 N–H and O–H groups in total. The van der Waals surface area contributed by atoms with Crippen LogP contribution in [0.1, 0.15) is 25.8 Å². The Hall–Kier alpha value is -4.22. The lowest BCUT2D eigenvalue weighted by Gasteiger charge is -2.22. The molecule has 1 aromatic heterocycles. The number of benzene rings is 2. The molecule has 0 saturated heterocycles. The van der Waals surface area contributed by atoms with Crippen LogP contribution in [-0.4, -0.2) is 45.0 Å². The molecule has 0 radical (unpaired) electrons. The number of hydrogen-bond acceptors (Lipinski definition) is 6. The van der Waals surface area contributed by atoms with E-state index in [9.17, 15) is 32.3 Å². The molecule has 12 heteroatoms. The monoisotopic (exact) mass is 491 g/mol. The van der Waals surface area contributed by atoms with Crippen LogP contribution in [-0.2, 0) is 14.4 Å². The number of ether oxygens (including phenoxy) is 1. The van der Waals surface area contributed by atoms with Crippen molar-refractivity contribution in [2.45, 2.75) is 31.8 Å². The molecule has 0 saturated carbocycles. The van der Waals surface area contributed by atoms with Crippen LogP contribution >= 0.6 is 0 Å². The maximum atomic E-state index is 13.8. The molecule has 9 nitrogen and oxygen atoms in total. The number of nitrogens with zero attached hydrogens (tertiary/aromatic N) is 2. The summed E-state index contributed by atoms with van der Waals surface area (Å²) in [6, 6.07) is 4.80. The molecular formula is C23H20F3N3O6. The summed E-state index contributed by atoms with van der Waals surface area (Å²) in [7, 11) is 0. The van der Waals surface area contributed by atoms with Crippen LogP contribution in [0.2, 0.25) is 0 Å². The van der Waals surface area contributed by atoms with Crippen molar-refractivity contribution in [3.05, 3.63) is 70.5 Å². The van der Waals surface area contributed by atoms with Gasteiger partial charge in [-0.25, -0.2) is 13.8 Å². The molecule has 184 valence electrons. The van der Waals surface area contributed by atoms with Gasteiger partial charge in [0.15, 0.2) is 23.2 Å². The molecule has 0 bridgehead atoms. The van der Waals surface area contributed by atoms with E-state index in [1.807, 2.05) is 0 Å². The summed E-state index contributed by atoms with van der Waals surface area (Å²) in [5.74, 6) is -8.85. The summed E-state index contributed by atoms with van der Waals surface area (Å²) in [4.78, 5) is 53.7. The van der Waals surface area contributed by atoms with Crippen molar-refractivity contribution in [2.24, 2.45) is 0 Å². The van der Waals surface area contributed by atoms with E-state index in [4.69, 9.17) is 9.84 Å². The predicted molar refractivity (Wildman–Crippen MR) is 116 cm³/mol. The Morgan fingerprint density at radius 1 is 1.11 bits per heavy atom. The Bertz CT molecular complexity index is 1340. The van der Waals surface area contributed by atoms with Crippen molar-refractivity contribution in [3.63, 3.8) is 0 Å². The van der Waals surface area contributed by atoms with Gasteiger partial charge >= 0.3 is 5.97 Å². The van der Waals surface area contributed by atoms with E-state index in [0.717, 1.165) is 4.57 Å². The summed E-state index contributed by atoms with van der Waals surface area (Å²) >= 11 is 0. The topological polar surface area (TPSA) is 128 Å². The number of amides is 1. The number of rotatable bonds is 10. The highest BCUT2D eigenvalue weighted by atomic mass is 19.2. The molecule has 1 amide bonds. The van der Waals surface area contributed by atoms with E-state index in [0.29, 0.717) is 17.6 Å². The van der Waals surface area contributed by atoms with Gasteiger partial charge in [-0.15, -0.1) is 0 Å². The number of carbonyl (C=O) groups excluding carboxylic acids is 2. The van der Waals surface area contributed by atoms with Gasteiger partial charge in [-0.2, -0.15) is 4.39 Å². The number of aromatic nitrogens is 2. The SMILES string of the molecule is CC[C@H](C(=O)N[C@@H](CC(=O)O)C(=O)COc1c(F)ccc(F)c1F)n1cnc2ccccc2c1=O. The van der Waals surface area contributed by atoms with Crippen molar-refractivity contribution in [2.75, 3.05) is 6.61 Å². The summed E-state index contributed by atoms with van der Waals surface area (Å²) in [6.45, 7) is 0.544. The van der Waals surface area contributed by atoms with Gasteiger partial charge in [0.05, 0.1) is 23.7 Å². The first-order valence-electron chi connectivity index (χ1n) is 10.4. The third-order valence-electron chi connectivity index (χ3n) is 5.16. The molecule has 3 aromatic rings. The number of carbonyl (C=O) groups is 3. The number of Topliss-reactive ketones (excluding diaryl/α,β-unsaturated/α-hetero) is 1. The molecular weight excluding hydrogens is 471 g/mol. The minimum absolute atomic E-state index is 0.0932. The van der Waals surface area contributed by atoms with Crippen LogP contribution in [0.25, 0.3) is 10.9 Å². The Morgan fingerprint density at radius 3 is 2.49 bits per heavy atom. The molecule has 0 aliphatic heterocycles. The van der Waals surface area contributed by atoms with Gasteiger partial charge in [-0.05, 0) is 30.7 Å².